The molecule has 0 saturated heterocycles. The van der Waals surface area contributed by atoms with E-state index in [2.05, 4.69) is 20.8 Å². The van der Waals surface area contributed by atoms with Crippen molar-refractivity contribution in [1.82, 2.24) is 9.55 Å². The molecule has 0 aliphatic carbocycles. The fourth-order valence-electron chi connectivity index (χ4n) is 4.12. The first-order chi connectivity index (χ1) is 16.2. The van der Waals surface area contributed by atoms with E-state index >= 15 is 0 Å². The molecule has 3 aromatic carbocycles. The number of para-hydroxylation sites is 1. The molecule has 34 heavy (non-hydrogen) atoms. The highest BCUT2D eigenvalue weighted by molar-refractivity contribution is 5.70. The molecule has 0 saturated carbocycles. The van der Waals surface area contributed by atoms with Crippen LogP contribution < -0.4 is 5.56 Å². The fourth-order valence-corrected chi connectivity index (χ4v) is 4.12. The molecular weight excluding hydrogens is 427 g/mol. The van der Waals surface area contributed by atoms with E-state index in [1.807, 2.05) is 54.6 Å². The van der Waals surface area contributed by atoms with E-state index in [1.54, 1.807) is 17.6 Å². The SMILES string of the molecule is Cc1nc(-c2cccc(F)c2O)n(CCc2ccccc2)c(=O)c1-c1ccc(C(C)(C)C)cc1. The van der Waals surface area contributed by atoms with Gasteiger partial charge in [-0.25, -0.2) is 9.37 Å². The van der Waals surface area contributed by atoms with Gasteiger partial charge in [0, 0.05) is 6.54 Å². The molecule has 0 spiro atoms. The number of rotatable bonds is 5. The maximum Gasteiger partial charge on any atom is 0.261 e. The van der Waals surface area contributed by atoms with Crippen molar-refractivity contribution in [2.75, 3.05) is 0 Å². The predicted octanol–water partition coefficient (Wildman–Crippen LogP) is 6.27. The summed E-state index contributed by atoms with van der Waals surface area (Å²) in [6.45, 7) is 8.55. The van der Waals surface area contributed by atoms with Gasteiger partial charge in [0.15, 0.2) is 11.6 Å². The first-order valence-electron chi connectivity index (χ1n) is 11.4. The van der Waals surface area contributed by atoms with Crippen LogP contribution in [0.25, 0.3) is 22.5 Å². The van der Waals surface area contributed by atoms with E-state index in [9.17, 15) is 14.3 Å². The second-order valence-electron chi connectivity index (χ2n) is 9.55. The third-order valence-corrected chi connectivity index (χ3v) is 6.08. The van der Waals surface area contributed by atoms with Crippen molar-refractivity contribution in [2.24, 2.45) is 0 Å². The highest BCUT2D eigenvalue weighted by Gasteiger charge is 2.21. The Morgan fingerprint density at radius 3 is 2.26 bits per heavy atom. The summed E-state index contributed by atoms with van der Waals surface area (Å²) in [4.78, 5) is 18.5. The Kier molecular flexibility index (Phi) is 6.38. The first kappa shape index (κ1) is 23.4. The molecule has 4 aromatic rings. The molecule has 0 aliphatic heterocycles. The van der Waals surface area contributed by atoms with Gasteiger partial charge < -0.3 is 5.11 Å². The molecule has 1 aromatic heterocycles. The lowest BCUT2D eigenvalue weighted by Gasteiger charge is -2.20. The van der Waals surface area contributed by atoms with E-state index in [-0.39, 0.29) is 22.4 Å². The zero-order valence-electron chi connectivity index (χ0n) is 20.0. The zero-order chi connectivity index (χ0) is 24.5. The highest BCUT2D eigenvalue weighted by atomic mass is 19.1. The average Bonchev–Trinajstić information content (AvgIpc) is 2.80. The number of benzene rings is 3. The van der Waals surface area contributed by atoms with Crippen molar-refractivity contribution in [3.63, 3.8) is 0 Å². The second-order valence-corrected chi connectivity index (χ2v) is 9.55. The number of aromatic nitrogens is 2. The van der Waals surface area contributed by atoms with Gasteiger partial charge in [0.1, 0.15) is 5.82 Å². The van der Waals surface area contributed by atoms with Crippen LogP contribution in [0.1, 0.15) is 37.6 Å². The van der Waals surface area contributed by atoms with Crippen molar-refractivity contribution >= 4 is 0 Å². The molecule has 0 unspecified atom stereocenters. The van der Waals surface area contributed by atoms with Crippen LogP contribution in [0, 0.1) is 12.7 Å². The summed E-state index contributed by atoms with van der Waals surface area (Å²) in [5.41, 5.74) is 4.05. The molecule has 0 fully saturated rings. The third kappa shape index (κ3) is 4.65. The van der Waals surface area contributed by atoms with E-state index in [0.717, 1.165) is 11.1 Å². The lowest BCUT2D eigenvalue weighted by Crippen LogP contribution is -2.27. The topological polar surface area (TPSA) is 55.1 Å². The lowest BCUT2D eigenvalue weighted by atomic mass is 9.86. The number of hydrogen-bond acceptors (Lipinski definition) is 3. The van der Waals surface area contributed by atoms with Crippen LogP contribution in [0.3, 0.4) is 0 Å². The van der Waals surface area contributed by atoms with Crippen LogP contribution in [0.4, 0.5) is 4.39 Å². The van der Waals surface area contributed by atoms with Crippen molar-refractivity contribution < 1.29 is 9.50 Å². The number of nitrogens with zero attached hydrogens (tertiary/aromatic N) is 2. The van der Waals surface area contributed by atoms with Crippen molar-refractivity contribution in [2.45, 2.75) is 46.1 Å². The van der Waals surface area contributed by atoms with Crippen LogP contribution in [0.2, 0.25) is 0 Å². The van der Waals surface area contributed by atoms with Gasteiger partial charge in [-0.3, -0.25) is 9.36 Å². The number of phenolic OH excluding ortho intramolecular Hbond substituents is 1. The van der Waals surface area contributed by atoms with Crippen molar-refractivity contribution in [3.05, 3.63) is 106 Å². The summed E-state index contributed by atoms with van der Waals surface area (Å²) < 4.78 is 15.7. The predicted molar refractivity (Wildman–Crippen MR) is 135 cm³/mol. The van der Waals surface area contributed by atoms with Gasteiger partial charge >= 0.3 is 0 Å². The standard InChI is InChI=1S/C29H29FN2O2/c1-19-25(21-13-15-22(16-14-21)29(2,3)4)28(34)32(18-17-20-9-6-5-7-10-20)27(31-19)23-11-8-12-24(30)26(23)33/h5-16,33H,17-18H2,1-4H3. The minimum absolute atomic E-state index is 0.000476. The monoisotopic (exact) mass is 456 g/mol. The minimum atomic E-state index is -0.749. The second kappa shape index (κ2) is 9.26. The molecule has 1 heterocycles. The van der Waals surface area contributed by atoms with Gasteiger partial charge in [0.2, 0.25) is 0 Å². The zero-order valence-corrected chi connectivity index (χ0v) is 20.0. The fraction of sp³-hybridized carbons (Fsp3) is 0.241. The number of hydrogen-bond donors (Lipinski definition) is 1. The van der Waals surface area contributed by atoms with E-state index < -0.39 is 11.6 Å². The Morgan fingerprint density at radius 1 is 0.941 bits per heavy atom. The molecular formula is C29H29FN2O2. The molecule has 0 bridgehead atoms. The Labute approximate surface area is 199 Å². The van der Waals surface area contributed by atoms with Crippen molar-refractivity contribution in [3.8, 4) is 28.3 Å². The molecule has 4 nitrogen and oxygen atoms in total. The van der Waals surface area contributed by atoms with Crippen molar-refractivity contribution in [1.29, 1.82) is 0 Å². The molecule has 1 N–H and O–H groups in total. The first-order valence-corrected chi connectivity index (χ1v) is 11.4. The molecule has 4 rings (SSSR count). The van der Waals surface area contributed by atoms with E-state index in [1.165, 1.54) is 17.7 Å². The van der Waals surface area contributed by atoms with Crippen LogP contribution in [-0.2, 0) is 18.4 Å². The Hall–Kier alpha value is -3.73. The molecule has 5 heteroatoms. The third-order valence-electron chi connectivity index (χ3n) is 6.08. The quantitative estimate of drug-likeness (QED) is 0.385. The Balaban J connectivity index is 1.88. The maximum absolute atomic E-state index is 14.2. The molecule has 174 valence electrons. The van der Waals surface area contributed by atoms with Crippen LogP contribution in [0.5, 0.6) is 5.75 Å². The van der Waals surface area contributed by atoms with Gasteiger partial charge in [-0.05, 0) is 47.6 Å². The molecule has 0 atom stereocenters. The summed E-state index contributed by atoms with van der Waals surface area (Å²) in [5.74, 6) is -1.00. The Morgan fingerprint density at radius 2 is 1.62 bits per heavy atom. The normalized spacial score (nSPS) is 11.6. The van der Waals surface area contributed by atoms with E-state index in [0.29, 0.717) is 24.2 Å². The number of aryl methyl sites for hydroxylation is 2. The van der Waals surface area contributed by atoms with E-state index in [4.69, 9.17) is 4.98 Å². The minimum Gasteiger partial charge on any atom is -0.504 e. The smallest absolute Gasteiger partial charge is 0.261 e. The van der Waals surface area contributed by atoms with Gasteiger partial charge in [0.25, 0.3) is 5.56 Å². The van der Waals surface area contributed by atoms with Gasteiger partial charge in [-0.2, -0.15) is 0 Å². The molecule has 0 radical (unpaired) electrons. The van der Waals surface area contributed by atoms with Gasteiger partial charge in [-0.1, -0.05) is 81.4 Å². The molecule has 0 aliphatic rings. The van der Waals surface area contributed by atoms with Crippen LogP contribution in [0.15, 0.2) is 77.6 Å². The number of aromatic hydroxyl groups is 1. The maximum atomic E-state index is 14.2. The molecule has 0 amide bonds. The number of phenols is 1. The number of halogens is 1. The Bertz CT molecular complexity index is 1370. The van der Waals surface area contributed by atoms with Crippen LogP contribution >= 0.6 is 0 Å². The van der Waals surface area contributed by atoms with Gasteiger partial charge in [0.05, 0.1) is 16.8 Å². The van der Waals surface area contributed by atoms with Crippen LogP contribution in [-0.4, -0.2) is 14.7 Å². The largest absolute Gasteiger partial charge is 0.504 e. The summed E-state index contributed by atoms with van der Waals surface area (Å²) in [7, 11) is 0. The lowest BCUT2D eigenvalue weighted by molar-refractivity contribution is 0.433. The summed E-state index contributed by atoms with van der Waals surface area (Å²) in [6, 6.07) is 22.1. The summed E-state index contributed by atoms with van der Waals surface area (Å²) in [6.07, 6.45) is 0.594. The summed E-state index contributed by atoms with van der Waals surface area (Å²) in [5, 5.41) is 10.4. The average molecular weight is 457 g/mol. The van der Waals surface area contributed by atoms with Gasteiger partial charge in [-0.15, -0.1) is 0 Å². The highest BCUT2D eigenvalue weighted by Crippen LogP contribution is 2.32. The summed E-state index contributed by atoms with van der Waals surface area (Å²) >= 11 is 0.